The molecule has 4 rings (SSSR count). The highest BCUT2D eigenvalue weighted by atomic mass is 19.1. The molecule has 1 aromatic heterocycles. The van der Waals surface area contributed by atoms with Crippen LogP contribution in [0.5, 0.6) is 0 Å². The summed E-state index contributed by atoms with van der Waals surface area (Å²) in [5.41, 5.74) is 3.21. The lowest BCUT2D eigenvalue weighted by molar-refractivity contribution is -0.131. The van der Waals surface area contributed by atoms with Crippen LogP contribution < -0.4 is 0 Å². The first-order chi connectivity index (χ1) is 14.1. The SMILES string of the molecule is O=C(Cc1ccc(F)cc1)N1CCCC(c2cccc(-c3cccc(F)c3)n2)C1. The number of halogens is 2. The van der Waals surface area contributed by atoms with E-state index in [1.807, 2.05) is 29.2 Å². The van der Waals surface area contributed by atoms with E-state index in [2.05, 4.69) is 0 Å². The van der Waals surface area contributed by atoms with Gasteiger partial charge in [-0.25, -0.2) is 8.78 Å². The fraction of sp³-hybridized carbons (Fsp3) is 0.250. The first kappa shape index (κ1) is 19.2. The van der Waals surface area contributed by atoms with Crippen molar-refractivity contribution in [2.75, 3.05) is 13.1 Å². The number of hydrogen-bond acceptors (Lipinski definition) is 2. The average molecular weight is 392 g/mol. The van der Waals surface area contributed by atoms with E-state index < -0.39 is 0 Å². The molecule has 1 saturated heterocycles. The minimum absolute atomic E-state index is 0.0441. The predicted molar refractivity (Wildman–Crippen MR) is 108 cm³/mol. The molecule has 1 unspecified atom stereocenters. The molecule has 1 atom stereocenters. The Bertz CT molecular complexity index is 1000. The molecular formula is C24H22F2N2O. The van der Waals surface area contributed by atoms with Crippen LogP contribution in [0.2, 0.25) is 0 Å². The van der Waals surface area contributed by atoms with Crippen molar-refractivity contribution in [2.45, 2.75) is 25.2 Å². The summed E-state index contributed by atoms with van der Waals surface area (Å²) >= 11 is 0. The molecule has 148 valence electrons. The predicted octanol–water partition coefficient (Wildman–Crippen LogP) is 4.98. The molecular weight excluding hydrogens is 370 g/mol. The average Bonchev–Trinajstić information content (AvgIpc) is 2.75. The molecule has 0 aliphatic carbocycles. The zero-order chi connectivity index (χ0) is 20.2. The first-order valence-electron chi connectivity index (χ1n) is 9.83. The van der Waals surface area contributed by atoms with E-state index in [0.717, 1.165) is 41.9 Å². The van der Waals surface area contributed by atoms with Crippen molar-refractivity contribution in [1.82, 2.24) is 9.88 Å². The van der Waals surface area contributed by atoms with Crippen LogP contribution in [0.1, 0.15) is 30.0 Å². The molecule has 1 fully saturated rings. The smallest absolute Gasteiger partial charge is 0.227 e. The molecule has 1 amide bonds. The van der Waals surface area contributed by atoms with Crippen molar-refractivity contribution in [1.29, 1.82) is 0 Å². The van der Waals surface area contributed by atoms with Gasteiger partial charge < -0.3 is 4.90 Å². The number of aromatic nitrogens is 1. The molecule has 5 heteroatoms. The number of benzene rings is 2. The Morgan fingerprint density at radius 3 is 2.59 bits per heavy atom. The number of carbonyl (C=O) groups excluding carboxylic acids is 1. The third-order valence-corrected chi connectivity index (χ3v) is 5.35. The number of pyridine rings is 1. The van der Waals surface area contributed by atoms with Crippen LogP contribution in [0.4, 0.5) is 8.78 Å². The highest BCUT2D eigenvalue weighted by molar-refractivity contribution is 5.79. The van der Waals surface area contributed by atoms with Crippen LogP contribution in [0.3, 0.4) is 0 Å². The van der Waals surface area contributed by atoms with Gasteiger partial charge in [-0.1, -0.05) is 30.3 Å². The summed E-state index contributed by atoms with van der Waals surface area (Å²) in [5.74, 6) is -0.398. The van der Waals surface area contributed by atoms with Gasteiger partial charge in [0.25, 0.3) is 0 Å². The van der Waals surface area contributed by atoms with Crippen LogP contribution in [-0.2, 0) is 11.2 Å². The van der Waals surface area contributed by atoms with Gasteiger partial charge >= 0.3 is 0 Å². The van der Waals surface area contributed by atoms with Gasteiger partial charge in [-0.05, 0) is 54.8 Å². The van der Waals surface area contributed by atoms with Gasteiger partial charge in [-0.2, -0.15) is 0 Å². The number of hydrogen-bond donors (Lipinski definition) is 0. The van der Waals surface area contributed by atoms with Crippen molar-refractivity contribution in [3.05, 3.63) is 89.6 Å². The van der Waals surface area contributed by atoms with Crippen molar-refractivity contribution >= 4 is 5.91 Å². The highest BCUT2D eigenvalue weighted by Gasteiger charge is 2.25. The van der Waals surface area contributed by atoms with Gasteiger partial charge in [-0.15, -0.1) is 0 Å². The molecule has 2 aromatic carbocycles. The van der Waals surface area contributed by atoms with E-state index >= 15 is 0 Å². The lowest BCUT2D eigenvalue weighted by Crippen LogP contribution is -2.40. The fourth-order valence-electron chi connectivity index (χ4n) is 3.82. The Labute approximate surface area is 169 Å². The number of rotatable bonds is 4. The van der Waals surface area contributed by atoms with Gasteiger partial charge in [0.2, 0.25) is 5.91 Å². The maximum atomic E-state index is 13.6. The minimum atomic E-state index is -0.302. The van der Waals surface area contributed by atoms with Crippen molar-refractivity contribution in [3.63, 3.8) is 0 Å². The Morgan fingerprint density at radius 1 is 1.00 bits per heavy atom. The summed E-state index contributed by atoms with van der Waals surface area (Å²) in [4.78, 5) is 19.3. The Hall–Kier alpha value is -3.08. The summed E-state index contributed by atoms with van der Waals surface area (Å²) in [6, 6.07) is 18.3. The van der Waals surface area contributed by atoms with Crippen LogP contribution in [0.25, 0.3) is 11.3 Å². The van der Waals surface area contributed by atoms with Crippen LogP contribution in [-0.4, -0.2) is 28.9 Å². The molecule has 3 nitrogen and oxygen atoms in total. The van der Waals surface area contributed by atoms with Crippen molar-refractivity contribution < 1.29 is 13.6 Å². The van der Waals surface area contributed by atoms with E-state index in [1.54, 1.807) is 18.2 Å². The summed E-state index contributed by atoms with van der Waals surface area (Å²) in [6.45, 7) is 1.33. The zero-order valence-electron chi connectivity index (χ0n) is 16.0. The topological polar surface area (TPSA) is 33.2 Å². The van der Waals surface area contributed by atoms with Gasteiger partial charge in [-0.3, -0.25) is 9.78 Å². The van der Waals surface area contributed by atoms with E-state index in [-0.39, 0.29) is 29.9 Å². The van der Waals surface area contributed by atoms with E-state index in [9.17, 15) is 13.6 Å². The van der Waals surface area contributed by atoms with E-state index in [4.69, 9.17) is 4.98 Å². The molecule has 0 bridgehead atoms. The number of carbonyl (C=O) groups is 1. The van der Waals surface area contributed by atoms with Gasteiger partial charge in [0.05, 0.1) is 12.1 Å². The summed E-state index contributed by atoms with van der Waals surface area (Å²) in [6.07, 6.45) is 2.13. The fourth-order valence-corrected chi connectivity index (χ4v) is 3.82. The second kappa shape index (κ2) is 8.52. The molecule has 2 heterocycles. The molecule has 0 N–H and O–H groups in total. The number of nitrogens with zero attached hydrogens (tertiary/aromatic N) is 2. The third-order valence-electron chi connectivity index (χ3n) is 5.35. The van der Waals surface area contributed by atoms with Gasteiger partial charge in [0.1, 0.15) is 11.6 Å². The molecule has 0 saturated carbocycles. The Morgan fingerprint density at radius 2 is 1.79 bits per heavy atom. The largest absolute Gasteiger partial charge is 0.342 e. The highest BCUT2D eigenvalue weighted by Crippen LogP contribution is 2.28. The Kier molecular flexibility index (Phi) is 5.65. The molecule has 3 aromatic rings. The summed E-state index contributed by atoms with van der Waals surface area (Å²) in [7, 11) is 0. The van der Waals surface area contributed by atoms with Crippen molar-refractivity contribution in [3.8, 4) is 11.3 Å². The Balaban J connectivity index is 1.47. The normalized spacial score (nSPS) is 16.6. The maximum Gasteiger partial charge on any atom is 0.227 e. The lowest BCUT2D eigenvalue weighted by atomic mass is 9.93. The van der Waals surface area contributed by atoms with E-state index in [1.165, 1.54) is 24.3 Å². The minimum Gasteiger partial charge on any atom is -0.342 e. The third kappa shape index (κ3) is 4.67. The molecule has 1 aliphatic heterocycles. The second-order valence-electron chi connectivity index (χ2n) is 7.44. The summed E-state index contributed by atoms with van der Waals surface area (Å²) < 4.78 is 26.6. The number of amides is 1. The lowest BCUT2D eigenvalue weighted by Gasteiger charge is -2.32. The number of piperidine rings is 1. The van der Waals surface area contributed by atoms with Gasteiger partial charge in [0.15, 0.2) is 0 Å². The zero-order valence-corrected chi connectivity index (χ0v) is 16.0. The second-order valence-corrected chi connectivity index (χ2v) is 7.44. The van der Waals surface area contributed by atoms with E-state index in [0.29, 0.717) is 6.54 Å². The molecule has 29 heavy (non-hydrogen) atoms. The van der Waals surface area contributed by atoms with Crippen LogP contribution in [0.15, 0.2) is 66.7 Å². The van der Waals surface area contributed by atoms with Crippen molar-refractivity contribution in [2.24, 2.45) is 0 Å². The monoisotopic (exact) mass is 392 g/mol. The molecule has 1 aliphatic rings. The van der Waals surface area contributed by atoms with Crippen LogP contribution in [0, 0.1) is 11.6 Å². The summed E-state index contributed by atoms with van der Waals surface area (Å²) in [5, 5.41) is 0. The molecule has 0 spiro atoms. The first-order valence-corrected chi connectivity index (χ1v) is 9.83. The molecule has 0 radical (unpaired) electrons. The maximum absolute atomic E-state index is 13.6. The number of likely N-dealkylation sites (tertiary alicyclic amines) is 1. The van der Waals surface area contributed by atoms with Gasteiger partial charge in [0, 0.05) is 30.3 Å². The standard InChI is InChI=1S/C24H22F2N2O/c25-20-11-9-17(10-12-20)14-24(29)28-13-3-5-19(16-28)23-8-2-7-22(27-23)18-4-1-6-21(26)15-18/h1-2,4,6-12,15,19H,3,5,13-14,16H2. The quantitative estimate of drug-likeness (QED) is 0.628. The van der Waals surface area contributed by atoms with Crippen LogP contribution >= 0.6 is 0 Å².